The summed E-state index contributed by atoms with van der Waals surface area (Å²) in [7, 11) is 0. The molecule has 1 aliphatic carbocycles. The highest BCUT2D eigenvalue weighted by Crippen LogP contribution is 2.37. The summed E-state index contributed by atoms with van der Waals surface area (Å²) < 4.78 is 5.60. The van der Waals surface area contributed by atoms with Crippen LogP contribution in [-0.4, -0.2) is 32.2 Å². The average molecular weight is 330 g/mol. The van der Waals surface area contributed by atoms with E-state index in [-0.39, 0.29) is 17.2 Å². The zero-order valence-corrected chi connectivity index (χ0v) is 14.7. The van der Waals surface area contributed by atoms with Crippen molar-refractivity contribution in [2.45, 2.75) is 44.4 Å². The number of amides is 1. The van der Waals surface area contributed by atoms with Gasteiger partial charge in [-0.3, -0.25) is 4.79 Å². The van der Waals surface area contributed by atoms with Crippen molar-refractivity contribution >= 4 is 5.91 Å². The van der Waals surface area contributed by atoms with Crippen molar-refractivity contribution in [2.24, 2.45) is 17.6 Å². The molecule has 0 spiro atoms. The molecular weight excluding hydrogens is 300 g/mol. The maximum Gasteiger partial charge on any atom is 0.223 e. The van der Waals surface area contributed by atoms with Crippen molar-refractivity contribution in [3.05, 3.63) is 35.4 Å². The van der Waals surface area contributed by atoms with Crippen molar-refractivity contribution in [1.82, 2.24) is 5.32 Å². The van der Waals surface area contributed by atoms with Gasteiger partial charge in [-0.1, -0.05) is 30.7 Å². The van der Waals surface area contributed by atoms with Crippen molar-refractivity contribution in [3.63, 3.8) is 0 Å². The van der Waals surface area contributed by atoms with Crippen LogP contribution < -0.4 is 11.1 Å². The number of carbonyl (C=O) groups excluding carboxylic acids is 1. The molecule has 1 saturated carbocycles. The predicted molar refractivity (Wildman–Crippen MR) is 95.8 cm³/mol. The molecule has 1 aromatic carbocycles. The van der Waals surface area contributed by atoms with Gasteiger partial charge in [-0.2, -0.15) is 0 Å². The van der Waals surface area contributed by atoms with Gasteiger partial charge in [0.15, 0.2) is 0 Å². The zero-order valence-electron chi connectivity index (χ0n) is 14.7. The molecule has 4 heteroatoms. The van der Waals surface area contributed by atoms with Gasteiger partial charge in [0, 0.05) is 31.1 Å². The standard InChI is InChI=1S/C20H30N2O2/c1-15-5-2-3-8-18(15)20(9-11-24-12-10-20)14-22-19(23)17-7-4-6-16(17)13-21/h2-3,5,8,16-17H,4,6-7,9-14,21H2,1H3,(H,22,23)/t16-,17-/m1/s1. The Balaban J connectivity index is 1.73. The minimum absolute atomic E-state index is 0.00390. The smallest absolute Gasteiger partial charge is 0.223 e. The summed E-state index contributed by atoms with van der Waals surface area (Å²) in [4.78, 5) is 12.7. The van der Waals surface area contributed by atoms with E-state index in [1.807, 2.05) is 0 Å². The van der Waals surface area contributed by atoms with E-state index in [1.165, 1.54) is 11.1 Å². The van der Waals surface area contributed by atoms with Gasteiger partial charge in [0.25, 0.3) is 0 Å². The molecule has 3 rings (SSSR count). The molecule has 24 heavy (non-hydrogen) atoms. The van der Waals surface area contributed by atoms with Gasteiger partial charge in [-0.15, -0.1) is 0 Å². The van der Waals surface area contributed by atoms with Crippen LogP contribution in [0.2, 0.25) is 0 Å². The van der Waals surface area contributed by atoms with Crippen LogP contribution in [0.15, 0.2) is 24.3 Å². The Bertz CT molecular complexity index is 567. The fourth-order valence-corrected chi connectivity index (χ4v) is 4.52. The molecular formula is C20H30N2O2. The zero-order chi connectivity index (χ0) is 17.0. The Morgan fingerprint density at radius 3 is 2.75 bits per heavy atom. The van der Waals surface area contributed by atoms with E-state index < -0.39 is 0 Å². The molecule has 2 fully saturated rings. The first kappa shape index (κ1) is 17.4. The summed E-state index contributed by atoms with van der Waals surface area (Å²) in [6.45, 7) is 5.01. The van der Waals surface area contributed by atoms with Gasteiger partial charge in [-0.25, -0.2) is 0 Å². The Morgan fingerprint density at radius 1 is 1.29 bits per heavy atom. The van der Waals surface area contributed by atoms with Crippen molar-refractivity contribution in [1.29, 1.82) is 0 Å². The lowest BCUT2D eigenvalue weighted by Gasteiger charge is -2.39. The molecule has 0 aromatic heterocycles. The Labute approximate surface area is 145 Å². The van der Waals surface area contributed by atoms with Crippen LogP contribution in [0.4, 0.5) is 0 Å². The third kappa shape index (κ3) is 3.50. The second-order valence-corrected chi connectivity index (χ2v) is 7.46. The largest absolute Gasteiger partial charge is 0.381 e. The number of nitrogens with two attached hydrogens (primary N) is 1. The number of carbonyl (C=O) groups is 1. The van der Waals surface area contributed by atoms with Crippen LogP contribution in [0, 0.1) is 18.8 Å². The average Bonchev–Trinajstić information content (AvgIpc) is 3.10. The molecule has 1 amide bonds. The topological polar surface area (TPSA) is 64.4 Å². The Kier molecular flexibility index (Phi) is 5.57. The molecule has 2 atom stereocenters. The Hall–Kier alpha value is -1.39. The normalized spacial score (nSPS) is 26.2. The maximum atomic E-state index is 12.7. The molecule has 4 nitrogen and oxygen atoms in total. The third-order valence-corrected chi connectivity index (χ3v) is 6.07. The monoisotopic (exact) mass is 330 g/mol. The predicted octanol–water partition coefficient (Wildman–Crippen LogP) is 2.53. The highest BCUT2D eigenvalue weighted by molar-refractivity contribution is 5.79. The number of ether oxygens (including phenoxy) is 1. The first-order valence-electron chi connectivity index (χ1n) is 9.28. The minimum Gasteiger partial charge on any atom is -0.381 e. The van der Waals surface area contributed by atoms with Crippen LogP contribution in [0.5, 0.6) is 0 Å². The molecule has 3 N–H and O–H groups in total. The number of hydrogen-bond acceptors (Lipinski definition) is 3. The van der Waals surface area contributed by atoms with Crippen LogP contribution in [0.3, 0.4) is 0 Å². The second kappa shape index (κ2) is 7.66. The molecule has 0 radical (unpaired) electrons. The lowest BCUT2D eigenvalue weighted by Crippen LogP contribution is -2.47. The molecule has 1 aromatic rings. The summed E-state index contributed by atoms with van der Waals surface area (Å²) in [5.74, 6) is 0.653. The number of hydrogen-bond donors (Lipinski definition) is 2. The number of nitrogens with one attached hydrogen (secondary N) is 1. The van der Waals surface area contributed by atoms with E-state index in [0.29, 0.717) is 19.0 Å². The van der Waals surface area contributed by atoms with E-state index >= 15 is 0 Å². The minimum atomic E-state index is -0.00390. The van der Waals surface area contributed by atoms with Crippen molar-refractivity contribution in [2.75, 3.05) is 26.3 Å². The number of rotatable bonds is 5. The molecule has 1 saturated heterocycles. The fourth-order valence-electron chi connectivity index (χ4n) is 4.52. The number of benzene rings is 1. The maximum absolute atomic E-state index is 12.7. The van der Waals surface area contributed by atoms with E-state index in [9.17, 15) is 4.79 Å². The summed E-state index contributed by atoms with van der Waals surface area (Å²) in [5, 5.41) is 3.28. The third-order valence-electron chi connectivity index (χ3n) is 6.07. The number of aryl methyl sites for hydroxylation is 1. The lowest BCUT2D eigenvalue weighted by molar-refractivity contribution is -0.126. The van der Waals surface area contributed by atoms with Gasteiger partial charge in [0.05, 0.1) is 0 Å². The SMILES string of the molecule is Cc1ccccc1C1(CNC(=O)[C@@H]2CCC[C@@H]2CN)CCOCC1. The highest BCUT2D eigenvalue weighted by atomic mass is 16.5. The fraction of sp³-hybridized carbons (Fsp3) is 0.650. The summed E-state index contributed by atoms with van der Waals surface area (Å²) >= 11 is 0. The summed E-state index contributed by atoms with van der Waals surface area (Å²) in [6.07, 6.45) is 5.11. The van der Waals surface area contributed by atoms with Crippen LogP contribution >= 0.6 is 0 Å². The molecule has 0 unspecified atom stereocenters. The quantitative estimate of drug-likeness (QED) is 0.872. The second-order valence-electron chi connectivity index (χ2n) is 7.46. The Morgan fingerprint density at radius 2 is 2.04 bits per heavy atom. The van der Waals surface area contributed by atoms with Gasteiger partial charge < -0.3 is 15.8 Å². The van der Waals surface area contributed by atoms with E-state index in [2.05, 4.69) is 36.5 Å². The molecule has 0 bridgehead atoms. The van der Waals surface area contributed by atoms with Gasteiger partial charge >= 0.3 is 0 Å². The van der Waals surface area contributed by atoms with E-state index in [0.717, 1.165) is 45.3 Å². The van der Waals surface area contributed by atoms with Gasteiger partial charge in [0.1, 0.15) is 0 Å². The van der Waals surface area contributed by atoms with Gasteiger partial charge in [0.2, 0.25) is 5.91 Å². The summed E-state index contributed by atoms with van der Waals surface area (Å²) in [5.41, 5.74) is 8.49. The molecule has 1 aliphatic heterocycles. The summed E-state index contributed by atoms with van der Waals surface area (Å²) in [6, 6.07) is 8.55. The van der Waals surface area contributed by atoms with E-state index in [4.69, 9.17) is 10.5 Å². The first-order valence-corrected chi connectivity index (χ1v) is 9.28. The van der Waals surface area contributed by atoms with Crippen molar-refractivity contribution < 1.29 is 9.53 Å². The molecule has 1 heterocycles. The van der Waals surface area contributed by atoms with Gasteiger partial charge in [-0.05, 0) is 56.2 Å². The lowest BCUT2D eigenvalue weighted by atomic mass is 9.72. The van der Waals surface area contributed by atoms with Crippen LogP contribution in [-0.2, 0) is 14.9 Å². The van der Waals surface area contributed by atoms with Crippen LogP contribution in [0.25, 0.3) is 0 Å². The molecule has 2 aliphatic rings. The molecule has 132 valence electrons. The van der Waals surface area contributed by atoms with Crippen LogP contribution in [0.1, 0.15) is 43.2 Å². The highest BCUT2D eigenvalue weighted by Gasteiger charge is 2.38. The van der Waals surface area contributed by atoms with E-state index in [1.54, 1.807) is 0 Å². The first-order chi connectivity index (χ1) is 11.7. The van der Waals surface area contributed by atoms with Crippen molar-refractivity contribution in [3.8, 4) is 0 Å².